The zero-order valence-electron chi connectivity index (χ0n) is 13.5. The highest BCUT2D eigenvalue weighted by Crippen LogP contribution is 2.27. The Morgan fingerprint density at radius 3 is 2.81 bits per heavy atom. The highest BCUT2D eigenvalue weighted by atomic mass is 79.9. The van der Waals surface area contributed by atoms with Gasteiger partial charge in [-0.3, -0.25) is 14.8 Å². The molecule has 0 aliphatic carbocycles. The second kappa shape index (κ2) is 7.19. The highest BCUT2D eigenvalue weighted by Gasteiger charge is 2.23. The third-order valence-electron chi connectivity index (χ3n) is 3.30. The maximum atomic E-state index is 13.5. The largest absolute Gasteiger partial charge is 0.446 e. The summed E-state index contributed by atoms with van der Waals surface area (Å²) >= 11 is 3.08. The van der Waals surface area contributed by atoms with Crippen LogP contribution in [0.5, 0.6) is 0 Å². The molecule has 0 atom stereocenters. The number of benzene rings is 1. The summed E-state index contributed by atoms with van der Waals surface area (Å²) < 4.78 is 24.3. The summed E-state index contributed by atoms with van der Waals surface area (Å²) in [6.07, 6.45) is 1.76. The van der Waals surface area contributed by atoms with Gasteiger partial charge in [0.25, 0.3) is 0 Å². The number of halogens is 2. The van der Waals surface area contributed by atoms with E-state index >= 15 is 0 Å². The van der Waals surface area contributed by atoms with Crippen LogP contribution in [-0.4, -0.2) is 38.6 Å². The van der Waals surface area contributed by atoms with Gasteiger partial charge in [0.1, 0.15) is 5.82 Å². The summed E-state index contributed by atoms with van der Waals surface area (Å²) in [6, 6.07) is 4.02. The lowest BCUT2D eigenvalue weighted by Gasteiger charge is -2.24. The van der Waals surface area contributed by atoms with Crippen LogP contribution >= 0.6 is 26.3 Å². The van der Waals surface area contributed by atoms with Gasteiger partial charge in [0.15, 0.2) is 5.69 Å². The lowest BCUT2D eigenvalue weighted by atomic mass is 10.3. The van der Waals surface area contributed by atoms with Gasteiger partial charge in [-0.15, -0.1) is 10.4 Å². The fourth-order valence-corrected chi connectivity index (χ4v) is 3.00. The van der Waals surface area contributed by atoms with E-state index in [2.05, 4.69) is 36.7 Å². The Morgan fingerprint density at radius 2 is 2.12 bits per heavy atom. The first-order chi connectivity index (χ1) is 12.3. The van der Waals surface area contributed by atoms with Crippen molar-refractivity contribution >= 4 is 32.1 Å². The van der Waals surface area contributed by atoms with Crippen molar-refractivity contribution in [2.45, 2.75) is 0 Å². The van der Waals surface area contributed by atoms with Crippen molar-refractivity contribution in [3.63, 3.8) is 0 Å². The van der Waals surface area contributed by atoms with Crippen LogP contribution in [0.25, 0.3) is 17.2 Å². The molecule has 0 saturated heterocycles. The number of nitrogens with zero attached hydrogens (tertiary/aromatic N) is 4. The van der Waals surface area contributed by atoms with E-state index in [1.165, 1.54) is 18.2 Å². The van der Waals surface area contributed by atoms with Crippen LogP contribution in [0, 0.1) is 5.82 Å². The van der Waals surface area contributed by atoms with Crippen molar-refractivity contribution in [2.75, 3.05) is 23.9 Å². The van der Waals surface area contributed by atoms with Crippen molar-refractivity contribution in [1.82, 2.24) is 20.0 Å². The third-order valence-corrected chi connectivity index (χ3v) is 4.99. The minimum Gasteiger partial charge on any atom is -0.364 e. The first-order valence-electron chi connectivity index (χ1n) is 7.19. The van der Waals surface area contributed by atoms with Gasteiger partial charge < -0.3 is 5.32 Å². The average Bonchev–Trinajstić information content (AvgIpc) is 3.15. The van der Waals surface area contributed by atoms with Gasteiger partial charge in [-0.25, -0.2) is 18.4 Å². The predicted octanol–water partition coefficient (Wildman–Crippen LogP) is 1.37. The molecule has 140 valence electrons. The Balaban J connectivity index is 1.96. The number of hydrogen-bond acceptors (Lipinski definition) is 9. The molecular formula is C13H15BrFN7O3S. The second-order valence-corrected chi connectivity index (χ2v) is 9.25. The van der Waals surface area contributed by atoms with Crippen LogP contribution in [-0.2, 0) is 0 Å². The first-order valence-corrected chi connectivity index (χ1v) is 10.3. The van der Waals surface area contributed by atoms with Gasteiger partial charge in [0.05, 0.1) is 10.2 Å². The first kappa shape index (κ1) is 18.6. The van der Waals surface area contributed by atoms with Crippen LogP contribution in [0.3, 0.4) is 0 Å². The second-order valence-electron chi connectivity index (χ2n) is 5.53. The van der Waals surface area contributed by atoms with Gasteiger partial charge in [-0.1, -0.05) is 5.16 Å². The lowest BCUT2D eigenvalue weighted by molar-refractivity contribution is 0.309. The molecule has 3 rings (SSSR count). The average molecular weight is 448 g/mol. The number of nitrogens with two attached hydrogens (primary N) is 2. The van der Waals surface area contributed by atoms with Gasteiger partial charge in [-0.05, 0) is 50.7 Å². The SMILES string of the molecule is CS(N)(N)CCNc1nonc1-c1noc(=O)n1-c1ccc(F)c(Br)c1. The summed E-state index contributed by atoms with van der Waals surface area (Å²) in [5.74, 6) is -0.423. The molecule has 2 aromatic heterocycles. The van der Waals surface area contributed by atoms with Gasteiger partial charge >= 0.3 is 5.76 Å². The number of anilines is 1. The Labute approximate surface area is 156 Å². The van der Waals surface area contributed by atoms with E-state index in [-0.39, 0.29) is 21.8 Å². The van der Waals surface area contributed by atoms with E-state index in [0.29, 0.717) is 18.0 Å². The molecule has 0 unspecified atom stereocenters. The minimum absolute atomic E-state index is 0.0489. The molecule has 0 saturated carbocycles. The molecule has 0 spiro atoms. The summed E-state index contributed by atoms with van der Waals surface area (Å²) in [7, 11) is -1.68. The third kappa shape index (κ3) is 3.95. The van der Waals surface area contributed by atoms with E-state index in [1.807, 2.05) is 0 Å². The van der Waals surface area contributed by atoms with E-state index in [9.17, 15) is 9.18 Å². The smallest absolute Gasteiger partial charge is 0.364 e. The molecule has 0 aliphatic rings. The van der Waals surface area contributed by atoms with Crippen LogP contribution in [0.2, 0.25) is 0 Å². The Morgan fingerprint density at radius 1 is 1.35 bits per heavy atom. The van der Waals surface area contributed by atoms with Gasteiger partial charge in [0, 0.05) is 12.3 Å². The van der Waals surface area contributed by atoms with Crippen molar-refractivity contribution in [3.8, 4) is 17.2 Å². The van der Waals surface area contributed by atoms with Crippen LogP contribution in [0.1, 0.15) is 0 Å². The monoisotopic (exact) mass is 447 g/mol. The quantitative estimate of drug-likeness (QED) is 0.508. The number of aromatic nitrogens is 4. The maximum absolute atomic E-state index is 13.5. The molecular weight excluding hydrogens is 433 g/mol. The van der Waals surface area contributed by atoms with Crippen molar-refractivity contribution < 1.29 is 13.5 Å². The fraction of sp³-hybridized carbons (Fsp3) is 0.231. The summed E-state index contributed by atoms with van der Waals surface area (Å²) in [5.41, 5.74) is 0.483. The van der Waals surface area contributed by atoms with Crippen LogP contribution in [0.4, 0.5) is 10.2 Å². The van der Waals surface area contributed by atoms with Crippen molar-refractivity contribution in [2.24, 2.45) is 10.3 Å². The van der Waals surface area contributed by atoms with Crippen LogP contribution in [0.15, 0.2) is 36.6 Å². The molecule has 0 aliphatic heterocycles. The summed E-state index contributed by atoms with van der Waals surface area (Å²) in [4.78, 5) is 12.1. The van der Waals surface area contributed by atoms with E-state index < -0.39 is 22.0 Å². The predicted molar refractivity (Wildman–Crippen MR) is 98.3 cm³/mol. The topological polar surface area (TPSA) is 151 Å². The molecule has 0 bridgehead atoms. The highest BCUT2D eigenvalue weighted by molar-refractivity contribution is 9.10. The maximum Gasteiger partial charge on any atom is 0.446 e. The van der Waals surface area contributed by atoms with Crippen LogP contribution < -0.4 is 21.4 Å². The minimum atomic E-state index is -1.68. The molecule has 0 fully saturated rings. The molecule has 3 aromatic rings. The number of hydrogen-bond donors (Lipinski definition) is 3. The normalized spacial score (nSPS) is 12.3. The number of nitrogens with one attached hydrogen (secondary N) is 1. The molecule has 13 heteroatoms. The van der Waals surface area contributed by atoms with Gasteiger partial charge in [0.2, 0.25) is 11.6 Å². The van der Waals surface area contributed by atoms with Gasteiger partial charge in [-0.2, -0.15) is 0 Å². The van der Waals surface area contributed by atoms with E-state index in [4.69, 9.17) is 19.4 Å². The zero-order chi connectivity index (χ0) is 18.9. The Hall–Kier alpha value is -2.22. The standard InChI is InChI=1S/C13H15BrFN7O3S/c1-26(16,17)5-4-18-11-10(19-25-20-11)12-21-24-13(23)22(12)7-2-3-9(15)8(14)6-7/h2-3,6H,4-5,16-17H2,1H3,(H,18,20). The summed E-state index contributed by atoms with van der Waals surface area (Å²) in [6.45, 7) is 0.421. The van der Waals surface area contributed by atoms with E-state index in [1.54, 1.807) is 6.26 Å². The molecule has 5 N–H and O–H groups in total. The zero-order valence-corrected chi connectivity index (χ0v) is 15.9. The molecule has 26 heavy (non-hydrogen) atoms. The Bertz CT molecular complexity index is 981. The summed E-state index contributed by atoms with van der Waals surface area (Å²) in [5, 5.41) is 25.8. The molecule has 1 aromatic carbocycles. The lowest BCUT2D eigenvalue weighted by Crippen LogP contribution is -2.26. The van der Waals surface area contributed by atoms with Crippen molar-refractivity contribution in [1.29, 1.82) is 0 Å². The molecule has 2 heterocycles. The van der Waals surface area contributed by atoms with Crippen molar-refractivity contribution in [3.05, 3.63) is 39.0 Å². The Kier molecular flexibility index (Phi) is 5.13. The number of rotatable bonds is 6. The fourth-order valence-electron chi connectivity index (χ4n) is 2.09. The molecule has 0 amide bonds. The van der Waals surface area contributed by atoms with E-state index in [0.717, 1.165) is 4.57 Å². The molecule has 10 nitrogen and oxygen atoms in total. The molecule has 0 radical (unpaired) electrons.